The van der Waals surface area contributed by atoms with E-state index in [-0.39, 0.29) is 36.1 Å². The zero-order chi connectivity index (χ0) is 79.9. The number of esters is 4. The Morgan fingerprint density at radius 1 is 0.241 bits per heavy atom. The smallest absolute Gasteiger partial charge is 0.306 e. The second-order valence-electron chi connectivity index (χ2n) is 35.8. The van der Waals surface area contributed by atoms with Gasteiger partial charge in [-0.2, -0.15) is 0 Å². The van der Waals surface area contributed by atoms with Gasteiger partial charge in [0, 0.05) is 50.0 Å². The minimum absolute atomic E-state index is 0.00714. The van der Waals surface area contributed by atoms with Crippen LogP contribution >= 0.6 is 23.5 Å². The van der Waals surface area contributed by atoms with E-state index in [2.05, 4.69) is 79.0 Å². The summed E-state index contributed by atoms with van der Waals surface area (Å²) >= 11 is 3.12. The van der Waals surface area contributed by atoms with Gasteiger partial charge in [-0.25, -0.2) is 0 Å². The Morgan fingerprint density at radius 3 is 0.769 bits per heavy atom. The monoisotopic (exact) mass is 1560 g/mol. The summed E-state index contributed by atoms with van der Waals surface area (Å²) < 4.78 is 23.3. The maximum absolute atomic E-state index is 12.8. The molecule has 0 aliphatic rings. The van der Waals surface area contributed by atoms with Crippen molar-refractivity contribution in [1.82, 2.24) is 9.80 Å². The van der Waals surface area contributed by atoms with E-state index in [1.807, 2.05) is 28.2 Å². The fourth-order valence-corrected chi connectivity index (χ4v) is 16.9. The molecule has 108 heavy (non-hydrogen) atoms. The molecule has 0 radical (unpaired) electrons. The van der Waals surface area contributed by atoms with Crippen molar-refractivity contribution in [2.24, 2.45) is 47.3 Å². The molecule has 0 aromatic rings. The van der Waals surface area contributed by atoms with Crippen molar-refractivity contribution in [3.63, 3.8) is 0 Å². The molecular formula is C94H180N2O10S2. The third-order valence-corrected chi connectivity index (χ3v) is 24.5. The first-order valence-corrected chi connectivity index (χ1v) is 48.2. The maximum Gasteiger partial charge on any atom is 0.306 e. The largest absolute Gasteiger partial charge is 0.466 e. The van der Waals surface area contributed by atoms with Crippen LogP contribution in [0.3, 0.4) is 0 Å². The number of unbranched alkanes of at least 4 members (excludes halogenated alkanes) is 24. The van der Waals surface area contributed by atoms with Crippen molar-refractivity contribution in [3.8, 4) is 0 Å². The molecule has 0 aliphatic carbocycles. The van der Waals surface area contributed by atoms with Crippen LogP contribution in [0.25, 0.3) is 0 Å². The van der Waals surface area contributed by atoms with Gasteiger partial charge in [0.15, 0.2) is 10.2 Å². The molecular weight excluding hydrogens is 1380 g/mol. The summed E-state index contributed by atoms with van der Waals surface area (Å²) in [6, 6.07) is 0. The van der Waals surface area contributed by atoms with Gasteiger partial charge in [-0.3, -0.25) is 28.8 Å². The Labute approximate surface area is 678 Å². The molecule has 0 aromatic heterocycles. The molecule has 0 bridgehead atoms. The highest BCUT2D eigenvalue weighted by atomic mass is 32.2. The molecule has 0 aliphatic heterocycles. The second kappa shape index (κ2) is 76.2. The standard InChI is InChI=1S/C94H180N2O10S2/c1-79(2)49-43-51-83(7)69-75-103-89(97)61-39-31-23-15-19-27-35-57-87(105-91(99)63-47-73-95(11)12)58-36-28-20-16-24-32-40-62-90(98)104-76-70-84(8)55-45-53-81(5)67-68-82(6)54-46-56-86(10)72-78-108-94(102)66-42-34-26-18-22-30-38-60-88(106-92(100)64-48-74-96(13)14)59-37-29-21-17-25-33-41-65-93(101)107-77-71-85(9)52-44-50-80(3)4/h79-88H,15-78H2,1-14H3. The summed E-state index contributed by atoms with van der Waals surface area (Å²) in [7, 11) is 8.17. The quantitative estimate of drug-likeness (QED) is 0.0323. The zero-order valence-corrected chi connectivity index (χ0v) is 75.5. The van der Waals surface area contributed by atoms with Crippen LogP contribution in [0.15, 0.2) is 0 Å². The van der Waals surface area contributed by atoms with Gasteiger partial charge in [0.1, 0.15) is 12.2 Å². The first-order valence-electron chi connectivity index (χ1n) is 46.2. The summed E-state index contributed by atoms with van der Waals surface area (Å²) in [5, 5.41) is 0.745. The molecule has 8 unspecified atom stereocenters. The van der Waals surface area contributed by atoms with E-state index in [1.165, 1.54) is 167 Å². The van der Waals surface area contributed by atoms with Crippen LogP contribution in [0.2, 0.25) is 0 Å². The molecule has 0 N–H and O–H groups in total. The zero-order valence-electron chi connectivity index (χ0n) is 73.8. The van der Waals surface area contributed by atoms with Crippen molar-refractivity contribution < 1.29 is 47.7 Å². The Kier molecular flexibility index (Phi) is 74.6. The highest BCUT2D eigenvalue weighted by Crippen LogP contribution is 2.28. The van der Waals surface area contributed by atoms with E-state index in [0.717, 1.165) is 222 Å². The van der Waals surface area contributed by atoms with Gasteiger partial charge in [0.25, 0.3) is 0 Å². The molecule has 0 rings (SSSR count). The Balaban J connectivity index is 4.10. The van der Waals surface area contributed by atoms with Crippen LogP contribution in [0.4, 0.5) is 0 Å². The van der Waals surface area contributed by atoms with Crippen molar-refractivity contribution in [2.75, 3.05) is 66.0 Å². The van der Waals surface area contributed by atoms with Crippen molar-refractivity contribution >= 4 is 57.6 Å². The minimum Gasteiger partial charge on any atom is -0.466 e. The number of nitrogens with zero attached hydrogens (tertiary/aromatic N) is 2. The van der Waals surface area contributed by atoms with Gasteiger partial charge >= 0.3 is 23.9 Å². The molecule has 0 spiro atoms. The van der Waals surface area contributed by atoms with Crippen LogP contribution in [0.1, 0.15) is 442 Å². The molecule has 0 saturated carbocycles. The normalized spacial score (nSPS) is 14.1. The number of carbonyl (C=O) groups excluding carboxylic acids is 6. The average Bonchev–Trinajstić information content (AvgIpc) is 0.980. The van der Waals surface area contributed by atoms with E-state index in [0.29, 0.717) is 79.2 Å². The van der Waals surface area contributed by atoms with Gasteiger partial charge in [-0.05, 0) is 204 Å². The lowest BCUT2D eigenvalue weighted by Gasteiger charge is -2.18. The molecule has 0 heterocycles. The second-order valence-corrected chi connectivity index (χ2v) is 38.2. The molecule has 0 saturated heterocycles. The predicted octanol–water partition coefficient (Wildman–Crippen LogP) is 27.3. The highest BCUT2D eigenvalue weighted by molar-refractivity contribution is 8.13. The predicted molar refractivity (Wildman–Crippen MR) is 466 cm³/mol. The third-order valence-electron chi connectivity index (χ3n) is 22.6. The van der Waals surface area contributed by atoms with Crippen molar-refractivity contribution in [2.45, 2.75) is 454 Å². The molecule has 14 heteroatoms. The lowest BCUT2D eigenvalue weighted by atomic mass is 9.89. The Morgan fingerprint density at radius 2 is 0.481 bits per heavy atom. The molecule has 0 fully saturated rings. The topological polar surface area (TPSA) is 146 Å². The summed E-state index contributed by atoms with van der Waals surface area (Å²) in [5.41, 5.74) is 0. The first kappa shape index (κ1) is 106. The van der Waals surface area contributed by atoms with Gasteiger partial charge in [-0.1, -0.05) is 311 Å². The fraction of sp³-hybridized carbons (Fsp3) is 0.936. The molecule has 12 nitrogen and oxygen atoms in total. The van der Waals surface area contributed by atoms with Crippen LogP contribution in [0.5, 0.6) is 0 Å². The van der Waals surface area contributed by atoms with E-state index in [4.69, 9.17) is 18.9 Å². The third kappa shape index (κ3) is 77.8. The van der Waals surface area contributed by atoms with Crippen LogP contribution in [0, 0.1) is 47.3 Å². The van der Waals surface area contributed by atoms with Crippen LogP contribution < -0.4 is 0 Å². The number of hydrogen-bond acceptors (Lipinski definition) is 14. The van der Waals surface area contributed by atoms with Crippen LogP contribution in [-0.4, -0.2) is 122 Å². The lowest BCUT2D eigenvalue weighted by Crippen LogP contribution is -2.20. The highest BCUT2D eigenvalue weighted by Gasteiger charge is 2.19. The van der Waals surface area contributed by atoms with Crippen molar-refractivity contribution in [1.29, 1.82) is 0 Å². The molecule has 0 amide bonds. The van der Waals surface area contributed by atoms with Gasteiger partial charge in [-0.15, -0.1) is 0 Å². The summed E-state index contributed by atoms with van der Waals surface area (Å²) in [6.45, 7) is 26.2. The number of rotatable bonds is 81. The van der Waals surface area contributed by atoms with Gasteiger partial charge in [0.2, 0.25) is 0 Å². The number of ether oxygens (including phenoxy) is 4. The van der Waals surface area contributed by atoms with E-state index in [9.17, 15) is 28.8 Å². The van der Waals surface area contributed by atoms with Crippen molar-refractivity contribution in [3.05, 3.63) is 0 Å². The molecule has 0 aromatic carbocycles. The Bertz CT molecular complexity index is 1930. The van der Waals surface area contributed by atoms with Gasteiger partial charge in [0.05, 0.1) is 13.2 Å². The summed E-state index contributed by atoms with van der Waals surface area (Å²) in [5.74, 6) is 7.33. The maximum atomic E-state index is 12.8. The minimum atomic E-state index is -0.0559. The average molecular weight is 1560 g/mol. The molecule has 8 atom stereocenters. The Hall–Kier alpha value is -2.16. The number of hydrogen-bond donors (Lipinski definition) is 0. The first-order chi connectivity index (χ1) is 51.9. The number of carbonyl (C=O) groups is 6. The fourth-order valence-electron chi connectivity index (χ4n) is 14.8. The summed E-state index contributed by atoms with van der Waals surface area (Å²) in [4.78, 5) is 79.8. The SMILES string of the molecule is CC(C)CCCC(C)CCOC(=O)CCCCCCCCCC(CCCCCCCCCC(=O)OCCC(C)CCCC(C)CCC(C)CCCC(C)CCSC(=O)CCCCCCCCCC(CCCCCCCCCC(=O)SCCC(C)CCCC(C)C)OC(=O)CCCN(C)C)OC(=O)CCCN(C)C. The number of thioether (sulfide) groups is 2. The lowest BCUT2D eigenvalue weighted by molar-refractivity contribution is -0.151. The van der Waals surface area contributed by atoms with Gasteiger partial charge < -0.3 is 28.7 Å². The van der Waals surface area contributed by atoms with E-state index in [1.54, 1.807) is 23.5 Å². The molecule has 638 valence electrons. The summed E-state index contributed by atoms with van der Waals surface area (Å²) in [6.07, 6.45) is 62.4. The van der Waals surface area contributed by atoms with E-state index >= 15 is 0 Å². The van der Waals surface area contributed by atoms with Crippen LogP contribution in [-0.2, 0) is 47.7 Å². The van der Waals surface area contributed by atoms with E-state index < -0.39 is 0 Å².